The molecule has 1 amide bonds. The van der Waals surface area contributed by atoms with Gasteiger partial charge < -0.3 is 5.32 Å². The number of amides is 1. The van der Waals surface area contributed by atoms with E-state index in [1.54, 1.807) is 24.4 Å². The molecule has 1 heterocycles. The van der Waals surface area contributed by atoms with Crippen LogP contribution in [0.4, 0.5) is 0 Å². The molecule has 0 saturated carbocycles. The monoisotopic (exact) mass is 489 g/mol. The Kier molecular flexibility index (Phi) is 7.12. The summed E-state index contributed by atoms with van der Waals surface area (Å²) in [7, 11) is -3.71. The fraction of sp³-hybridized carbons (Fsp3) is 0.250. The van der Waals surface area contributed by atoms with Crippen molar-refractivity contribution in [2.24, 2.45) is 0 Å². The molecular weight excluding hydrogens is 474 g/mol. The van der Waals surface area contributed by atoms with Gasteiger partial charge in [-0.3, -0.25) is 9.78 Å². The number of aromatic nitrogens is 1. The second-order valence-corrected chi connectivity index (χ2v) is 8.77. The van der Waals surface area contributed by atoms with Gasteiger partial charge in [-0.15, -0.1) is 0 Å². The molecule has 0 aliphatic carbocycles. The molecule has 1 unspecified atom stereocenters. The van der Waals surface area contributed by atoms with Crippen LogP contribution in [-0.2, 0) is 14.8 Å². The summed E-state index contributed by atoms with van der Waals surface area (Å²) in [6, 6.07) is 10.1. The minimum absolute atomic E-state index is 0.00204. The van der Waals surface area contributed by atoms with E-state index in [1.807, 2.05) is 19.1 Å². The highest BCUT2D eigenvalue weighted by molar-refractivity contribution is 9.11. The quantitative estimate of drug-likeness (QED) is 0.623. The van der Waals surface area contributed by atoms with Gasteiger partial charge in [0.15, 0.2) is 0 Å². The van der Waals surface area contributed by atoms with E-state index in [0.29, 0.717) is 8.95 Å². The van der Waals surface area contributed by atoms with Crippen molar-refractivity contribution in [2.45, 2.75) is 24.3 Å². The van der Waals surface area contributed by atoms with Crippen LogP contribution < -0.4 is 10.0 Å². The third kappa shape index (κ3) is 5.88. The van der Waals surface area contributed by atoms with Gasteiger partial charge in [0.2, 0.25) is 15.9 Å². The van der Waals surface area contributed by atoms with Crippen molar-refractivity contribution >= 4 is 47.8 Å². The number of hydrogen-bond acceptors (Lipinski definition) is 4. The van der Waals surface area contributed by atoms with Crippen LogP contribution in [-0.4, -0.2) is 25.9 Å². The SMILES string of the molecule is CC(NC(=O)CCNS(=O)(=O)c1cc(Br)ccc1Br)c1ccccn1. The molecule has 0 aliphatic heterocycles. The van der Waals surface area contributed by atoms with Gasteiger partial charge >= 0.3 is 0 Å². The van der Waals surface area contributed by atoms with E-state index in [1.165, 1.54) is 6.07 Å². The largest absolute Gasteiger partial charge is 0.348 e. The molecule has 134 valence electrons. The number of carbonyl (C=O) groups excluding carboxylic acids is 1. The highest BCUT2D eigenvalue weighted by Gasteiger charge is 2.18. The van der Waals surface area contributed by atoms with E-state index in [4.69, 9.17) is 0 Å². The molecule has 1 aromatic carbocycles. The van der Waals surface area contributed by atoms with E-state index >= 15 is 0 Å². The molecule has 2 rings (SSSR count). The summed E-state index contributed by atoms with van der Waals surface area (Å²) < 4.78 is 28.2. The van der Waals surface area contributed by atoms with Crippen molar-refractivity contribution in [1.29, 1.82) is 0 Å². The van der Waals surface area contributed by atoms with Crippen LogP contribution in [0, 0.1) is 0 Å². The molecular formula is C16H17Br2N3O3S. The summed E-state index contributed by atoms with van der Waals surface area (Å²) in [6.07, 6.45) is 1.68. The van der Waals surface area contributed by atoms with Gasteiger partial charge in [0.05, 0.1) is 16.6 Å². The zero-order valence-corrected chi connectivity index (χ0v) is 17.4. The Balaban J connectivity index is 1.89. The maximum atomic E-state index is 12.3. The van der Waals surface area contributed by atoms with Crippen LogP contribution >= 0.6 is 31.9 Å². The molecule has 0 bridgehead atoms. The van der Waals surface area contributed by atoms with E-state index in [0.717, 1.165) is 5.69 Å². The first-order chi connectivity index (χ1) is 11.8. The van der Waals surface area contributed by atoms with Crippen LogP contribution in [0.2, 0.25) is 0 Å². The van der Waals surface area contributed by atoms with Crippen molar-refractivity contribution in [1.82, 2.24) is 15.0 Å². The summed E-state index contributed by atoms with van der Waals surface area (Å²) in [4.78, 5) is 16.3. The van der Waals surface area contributed by atoms with Crippen molar-refractivity contribution < 1.29 is 13.2 Å². The number of sulfonamides is 1. The van der Waals surface area contributed by atoms with Crippen LogP contribution in [0.25, 0.3) is 0 Å². The highest BCUT2D eigenvalue weighted by Crippen LogP contribution is 2.25. The normalized spacial score (nSPS) is 12.6. The Morgan fingerprint density at radius 1 is 1.24 bits per heavy atom. The van der Waals surface area contributed by atoms with Gasteiger partial charge in [0, 0.05) is 28.1 Å². The fourth-order valence-corrected chi connectivity index (χ4v) is 4.61. The predicted molar refractivity (Wildman–Crippen MR) is 102 cm³/mol. The molecule has 0 spiro atoms. The molecule has 9 heteroatoms. The molecule has 25 heavy (non-hydrogen) atoms. The van der Waals surface area contributed by atoms with Crippen LogP contribution in [0.1, 0.15) is 25.1 Å². The summed E-state index contributed by atoms with van der Waals surface area (Å²) in [5.41, 5.74) is 0.745. The van der Waals surface area contributed by atoms with Crippen LogP contribution in [0.3, 0.4) is 0 Å². The number of nitrogens with zero attached hydrogens (tertiary/aromatic N) is 1. The predicted octanol–water partition coefficient (Wildman–Crippen LogP) is 3.15. The number of benzene rings is 1. The van der Waals surface area contributed by atoms with Gasteiger partial charge in [-0.2, -0.15) is 0 Å². The lowest BCUT2D eigenvalue weighted by atomic mass is 10.2. The third-order valence-corrected chi connectivity index (χ3v) is 6.28. The standard InChI is InChI=1S/C16H17Br2N3O3S/c1-11(14-4-2-3-8-19-14)21-16(22)7-9-20-25(23,24)15-10-12(17)5-6-13(15)18/h2-6,8,10-11,20H,7,9H2,1H3,(H,21,22). The lowest BCUT2D eigenvalue weighted by Crippen LogP contribution is -2.32. The lowest BCUT2D eigenvalue weighted by Gasteiger charge is -2.13. The van der Waals surface area contributed by atoms with E-state index in [2.05, 4.69) is 46.9 Å². The maximum Gasteiger partial charge on any atom is 0.241 e. The number of rotatable bonds is 7. The molecule has 6 nitrogen and oxygen atoms in total. The summed E-state index contributed by atoms with van der Waals surface area (Å²) in [5, 5.41) is 2.79. The topological polar surface area (TPSA) is 88.2 Å². The number of halogens is 2. The maximum absolute atomic E-state index is 12.3. The Morgan fingerprint density at radius 2 is 2.00 bits per heavy atom. The summed E-state index contributed by atoms with van der Waals surface area (Å²) in [6.45, 7) is 1.82. The Hall–Kier alpha value is -1.29. The average molecular weight is 491 g/mol. The summed E-state index contributed by atoms with van der Waals surface area (Å²) >= 11 is 6.47. The second kappa shape index (κ2) is 8.88. The first-order valence-corrected chi connectivity index (χ1v) is 10.5. The molecule has 0 radical (unpaired) electrons. The highest BCUT2D eigenvalue weighted by atomic mass is 79.9. The molecule has 0 saturated heterocycles. The van der Waals surface area contributed by atoms with E-state index < -0.39 is 10.0 Å². The van der Waals surface area contributed by atoms with Crippen molar-refractivity contribution in [2.75, 3.05) is 6.54 Å². The van der Waals surface area contributed by atoms with E-state index in [9.17, 15) is 13.2 Å². The minimum atomic E-state index is -3.71. The molecule has 2 aromatic rings. The van der Waals surface area contributed by atoms with Crippen LogP contribution in [0.5, 0.6) is 0 Å². The van der Waals surface area contributed by atoms with Gasteiger partial charge in [-0.25, -0.2) is 13.1 Å². The van der Waals surface area contributed by atoms with Crippen LogP contribution in [0.15, 0.2) is 56.4 Å². The Labute approximate surface area is 163 Å². The first-order valence-electron chi connectivity index (χ1n) is 7.44. The lowest BCUT2D eigenvalue weighted by molar-refractivity contribution is -0.121. The smallest absolute Gasteiger partial charge is 0.241 e. The van der Waals surface area contributed by atoms with E-state index in [-0.39, 0.29) is 29.8 Å². The first kappa shape index (κ1) is 20.0. The number of nitrogens with one attached hydrogen (secondary N) is 2. The Morgan fingerprint density at radius 3 is 2.68 bits per heavy atom. The minimum Gasteiger partial charge on any atom is -0.348 e. The van der Waals surface area contributed by atoms with Gasteiger partial charge in [-0.05, 0) is 53.2 Å². The van der Waals surface area contributed by atoms with Gasteiger partial charge in [-0.1, -0.05) is 22.0 Å². The number of hydrogen-bond donors (Lipinski definition) is 2. The Bertz CT molecular complexity index is 845. The zero-order valence-electron chi connectivity index (χ0n) is 13.4. The fourth-order valence-electron chi connectivity index (χ4n) is 2.08. The molecule has 1 aromatic heterocycles. The third-order valence-electron chi connectivity index (χ3n) is 3.34. The van der Waals surface area contributed by atoms with Gasteiger partial charge in [0.25, 0.3) is 0 Å². The molecule has 0 aliphatic rings. The molecule has 1 atom stereocenters. The number of carbonyl (C=O) groups is 1. The summed E-state index contributed by atoms with van der Waals surface area (Å²) in [5.74, 6) is -0.255. The molecule has 0 fully saturated rings. The number of pyridine rings is 1. The average Bonchev–Trinajstić information content (AvgIpc) is 2.57. The second-order valence-electron chi connectivity index (χ2n) is 5.27. The van der Waals surface area contributed by atoms with Crippen molar-refractivity contribution in [3.05, 3.63) is 57.2 Å². The van der Waals surface area contributed by atoms with Gasteiger partial charge in [0.1, 0.15) is 0 Å². The zero-order chi connectivity index (χ0) is 18.4. The van der Waals surface area contributed by atoms with Crippen molar-refractivity contribution in [3.8, 4) is 0 Å². The van der Waals surface area contributed by atoms with Crippen molar-refractivity contribution in [3.63, 3.8) is 0 Å². The molecule has 2 N–H and O–H groups in total.